The molecule has 0 aromatic carbocycles. The van der Waals surface area contributed by atoms with Gasteiger partial charge in [0.25, 0.3) is 0 Å². The largest absolute Gasteiger partial charge is 0.481 e. The molecule has 6 nitrogen and oxygen atoms in total. The second-order valence-corrected chi connectivity index (χ2v) is 3.45. The predicted molar refractivity (Wildman–Crippen MR) is 53.5 cm³/mol. The Morgan fingerprint density at radius 1 is 1.25 bits per heavy atom. The molecule has 0 aliphatic carbocycles. The molecular weight excluding hydrogens is 216 g/mol. The van der Waals surface area contributed by atoms with Gasteiger partial charge in [-0.25, -0.2) is 0 Å². The van der Waals surface area contributed by atoms with Gasteiger partial charge < -0.3 is 14.9 Å². The molecule has 6 heteroatoms. The average Bonchev–Trinajstić information content (AvgIpc) is 2.22. The maximum absolute atomic E-state index is 11.2. The fraction of sp³-hybridized carbons (Fsp3) is 0.700. The molecular formula is C10H16O6. The number of esters is 2. The van der Waals surface area contributed by atoms with Crippen LogP contribution >= 0.6 is 0 Å². The summed E-state index contributed by atoms with van der Waals surface area (Å²) in [5.41, 5.74) is 0. The topological polar surface area (TPSA) is 101 Å². The Bertz CT molecular complexity index is 260. The van der Waals surface area contributed by atoms with E-state index in [0.29, 0.717) is 12.8 Å². The lowest BCUT2D eigenvalue weighted by Crippen LogP contribution is -2.20. The molecule has 0 spiro atoms. The normalized spacial score (nSPS) is 11.9. The van der Waals surface area contributed by atoms with E-state index in [1.165, 1.54) is 0 Å². The number of aliphatic hydroxyl groups is 1. The molecule has 2 N–H and O–H groups in total. The summed E-state index contributed by atoms with van der Waals surface area (Å²) in [6.45, 7) is 1.56. The van der Waals surface area contributed by atoms with E-state index in [4.69, 9.17) is 10.2 Å². The van der Waals surface area contributed by atoms with Crippen molar-refractivity contribution in [1.82, 2.24) is 0 Å². The van der Waals surface area contributed by atoms with Crippen LogP contribution in [0.1, 0.15) is 32.6 Å². The van der Waals surface area contributed by atoms with Gasteiger partial charge in [-0.15, -0.1) is 0 Å². The lowest BCUT2D eigenvalue weighted by atomic mass is 10.1. The van der Waals surface area contributed by atoms with Crippen molar-refractivity contribution in [1.29, 1.82) is 0 Å². The number of aliphatic carboxylic acids is 1. The number of rotatable bonds is 7. The molecule has 0 aliphatic heterocycles. The van der Waals surface area contributed by atoms with Crippen LogP contribution in [-0.4, -0.2) is 34.7 Å². The van der Waals surface area contributed by atoms with Crippen LogP contribution in [0.15, 0.2) is 0 Å². The highest BCUT2D eigenvalue weighted by Crippen LogP contribution is 2.08. The summed E-state index contributed by atoms with van der Waals surface area (Å²) in [6.07, 6.45) is 0.228. The molecule has 0 aromatic rings. The van der Waals surface area contributed by atoms with E-state index in [1.807, 2.05) is 0 Å². The van der Waals surface area contributed by atoms with Crippen LogP contribution < -0.4 is 0 Å². The highest BCUT2D eigenvalue weighted by atomic mass is 16.6. The third-order valence-electron chi connectivity index (χ3n) is 1.96. The van der Waals surface area contributed by atoms with Crippen LogP contribution in [0, 0.1) is 5.92 Å². The Morgan fingerprint density at radius 3 is 2.38 bits per heavy atom. The molecule has 0 rings (SSSR count). The first-order valence-corrected chi connectivity index (χ1v) is 5.04. The number of carboxylic acids is 1. The summed E-state index contributed by atoms with van der Waals surface area (Å²) in [7, 11) is 0. The van der Waals surface area contributed by atoms with Crippen molar-refractivity contribution < 1.29 is 29.3 Å². The smallest absolute Gasteiger partial charge is 0.316 e. The van der Waals surface area contributed by atoms with E-state index < -0.39 is 23.8 Å². The summed E-state index contributed by atoms with van der Waals surface area (Å²) in [6, 6.07) is 0. The lowest BCUT2D eigenvalue weighted by Gasteiger charge is -2.08. The Balaban J connectivity index is 3.85. The molecule has 0 aromatic heterocycles. The van der Waals surface area contributed by atoms with Gasteiger partial charge in [-0.1, -0.05) is 6.92 Å². The van der Waals surface area contributed by atoms with Crippen molar-refractivity contribution in [3.63, 3.8) is 0 Å². The van der Waals surface area contributed by atoms with E-state index in [9.17, 15) is 14.4 Å². The average molecular weight is 232 g/mol. The molecule has 0 bridgehead atoms. The Labute approximate surface area is 93.2 Å². The van der Waals surface area contributed by atoms with Gasteiger partial charge in [-0.2, -0.15) is 0 Å². The van der Waals surface area contributed by atoms with Crippen LogP contribution in [0.3, 0.4) is 0 Å². The second kappa shape index (κ2) is 7.81. The minimum absolute atomic E-state index is 0.0232. The summed E-state index contributed by atoms with van der Waals surface area (Å²) in [4.78, 5) is 32.4. The van der Waals surface area contributed by atoms with Gasteiger partial charge in [0.2, 0.25) is 0 Å². The maximum Gasteiger partial charge on any atom is 0.316 e. The summed E-state index contributed by atoms with van der Waals surface area (Å²) in [5.74, 6) is -3.09. The number of ether oxygens (including phenoxy) is 1. The minimum Gasteiger partial charge on any atom is -0.481 e. The molecule has 0 saturated heterocycles. The molecule has 0 radical (unpaired) electrons. The number of hydrogen-bond acceptors (Lipinski definition) is 5. The third kappa shape index (κ3) is 6.94. The summed E-state index contributed by atoms with van der Waals surface area (Å²) >= 11 is 0. The van der Waals surface area contributed by atoms with E-state index in [1.54, 1.807) is 6.92 Å². The highest BCUT2D eigenvalue weighted by Gasteiger charge is 2.18. The summed E-state index contributed by atoms with van der Waals surface area (Å²) in [5, 5.41) is 16.8. The molecule has 1 atom stereocenters. The van der Waals surface area contributed by atoms with E-state index >= 15 is 0 Å². The quantitative estimate of drug-likeness (QED) is 0.484. The first-order chi connectivity index (χ1) is 7.47. The molecule has 16 heavy (non-hydrogen) atoms. The molecule has 0 saturated carbocycles. The van der Waals surface area contributed by atoms with E-state index in [0.717, 1.165) is 0 Å². The lowest BCUT2D eigenvalue weighted by molar-refractivity contribution is -0.163. The minimum atomic E-state index is -1.11. The number of carboxylic acid groups (broad SMARTS) is 1. The maximum atomic E-state index is 11.2. The van der Waals surface area contributed by atoms with Gasteiger partial charge in [0.15, 0.2) is 0 Å². The van der Waals surface area contributed by atoms with Crippen LogP contribution in [0.5, 0.6) is 0 Å². The Morgan fingerprint density at radius 2 is 1.88 bits per heavy atom. The Kier molecular flexibility index (Phi) is 7.11. The van der Waals surface area contributed by atoms with Gasteiger partial charge in [0, 0.05) is 6.61 Å². The van der Waals surface area contributed by atoms with Gasteiger partial charge in [0.05, 0.1) is 18.8 Å². The zero-order valence-corrected chi connectivity index (χ0v) is 9.14. The van der Waals surface area contributed by atoms with Gasteiger partial charge >= 0.3 is 17.9 Å². The van der Waals surface area contributed by atoms with Crippen molar-refractivity contribution >= 4 is 17.9 Å². The van der Waals surface area contributed by atoms with Crippen LogP contribution in [0.4, 0.5) is 0 Å². The first-order valence-electron chi connectivity index (χ1n) is 5.04. The zero-order chi connectivity index (χ0) is 12.6. The standard InChI is InChI=1S/C10H16O6/c1-7(3-2-6-11)10(15)16-9(14)5-4-8(12)13/h7,11H,2-6H2,1H3,(H,12,13). The number of carbonyl (C=O) groups is 3. The first kappa shape index (κ1) is 14.6. The van der Waals surface area contributed by atoms with Crippen LogP contribution in [0.2, 0.25) is 0 Å². The molecule has 1 unspecified atom stereocenters. The van der Waals surface area contributed by atoms with Crippen molar-refractivity contribution in [2.24, 2.45) is 5.92 Å². The van der Waals surface area contributed by atoms with Crippen LogP contribution in [-0.2, 0) is 19.1 Å². The highest BCUT2D eigenvalue weighted by molar-refractivity contribution is 5.87. The van der Waals surface area contributed by atoms with Crippen LogP contribution in [0.25, 0.3) is 0 Å². The molecule has 0 fully saturated rings. The van der Waals surface area contributed by atoms with Crippen molar-refractivity contribution in [3.05, 3.63) is 0 Å². The third-order valence-corrected chi connectivity index (χ3v) is 1.96. The zero-order valence-electron chi connectivity index (χ0n) is 9.14. The Hall–Kier alpha value is -1.43. The van der Waals surface area contributed by atoms with E-state index in [-0.39, 0.29) is 19.4 Å². The van der Waals surface area contributed by atoms with Gasteiger partial charge in [0.1, 0.15) is 0 Å². The van der Waals surface area contributed by atoms with Gasteiger partial charge in [-0.05, 0) is 12.8 Å². The van der Waals surface area contributed by atoms with Crippen molar-refractivity contribution in [3.8, 4) is 0 Å². The number of carbonyl (C=O) groups excluding carboxylic acids is 2. The van der Waals surface area contributed by atoms with Crippen molar-refractivity contribution in [2.75, 3.05) is 6.61 Å². The number of aliphatic hydroxyl groups excluding tert-OH is 1. The summed E-state index contributed by atoms with van der Waals surface area (Å²) < 4.78 is 4.44. The molecule has 0 amide bonds. The monoisotopic (exact) mass is 232 g/mol. The number of hydrogen-bond donors (Lipinski definition) is 2. The van der Waals surface area contributed by atoms with Gasteiger partial charge in [-0.3, -0.25) is 14.4 Å². The molecule has 0 aliphatic rings. The SMILES string of the molecule is CC(CCCO)C(=O)OC(=O)CCC(=O)O. The molecule has 92 valence electrons. The fourth-order valence-electron chi connectivity index (χ4n) is 0.988. The predicted octanol–water partition coefficient (Wildman–Crippen LogP) is 0.330. The molecule has 0 heterocycles. The second-order valence-electron chi connectivity index (χ2n) is 3.45. The fourth-order valence-corrected chi connectivity index (χ4v) is 0.988. The van der Waals surface area contributed by atoms with Crippen molar-refractivity contribution in [2.45, 2.75) is 32.6 Å². The van der Waals surface area contributed by atoms with E-state index in [2.05, 4.69) is 4.74 Å².